The molecule has 0 fully saturated rings. The number of benzene rings is 1. The first kappa shape index (κ1) is 19.1. The van der Waals surface area contributed by atoms with Gasteiger partial charge in [0.2, 0.25) is 0 Å². The Bertz CT molecular complexity index is 903. The van der Waals surface area contributed by atoms with E-state index in [0.717, 1.165) is 21.1 Å². The fourth-order valence-corrected chi connectivity index (χ4v) is 3.85. The van der Waals surface area contributed by atoms with Gasteiger partial charge >= 0.3 is 5.97 Å². The van der Waals surface area contributed by atoms with Crippen molar-refractivity contribution in [1.29, 1.82) is 0 Å². The monoisotopic (exact) mass is 401 g/mol. The standard InChI is InChI=1S/C19H19N3O3S2/c1-22(2)14-7-5-13(6-8-14)10-20-17(23)11-25-19(24)15-12-27-18(21-15)16-4-3-9-26-16/h3-9,12H,10-11H2,1-2H3,(H,20,23). The maximum absolute atomic E-state index is 12.0. The van der Waals surface area contributed by atoms with Crippen molar-refractivity contribution in [3.05, 3.63) is 58.4 Å². The van der Waals surface area contributed by atoms with E-state index in [1.165, 1.54) is 11.3 Å². The zero-order valence-electron chi connectivity index (χ0n) is 15.0. The van der Waals surface area contributed by atoms with Crippen LogP contribution in [0.4, 0.5) is 5.69 Å². The molecule has 0 saturated carbocycles. The number of anilines is 1. The highest BCUT2D eigenvalue weighted by atomic mass is 32.1. The molecule has 140 valence electrons. The van der Waals surface area contributed by atoms with Crippen LogP contribution in [-0.4, -0.2) is 37.6 Å². The van der Waals surface area contributed by atoms with Crippen LogP contribution >= 0.6 is 22.7 Å². The summed E-state index contributed by atoms with van der Waals surface area (Å²) in [4.78, 5) is 31.2. The van der Waals surface area contributed by atoms with E-state index in [2.05, 4.69) is 10.3 Å². The van der Waals surface area contributed by atoms with E-state index in [1.54, 1.807) is 16.7 Å². The van der Waals surface area contributed by atoms with Gasteiger partial charge in [-0.15, -0.1) is 22.7 Å². The highest BCUT2D eigenvalue weighted by Crippen LogP contribution is 2.27. The van der Waals surface area contributed by atoms with E-state index >= 15 is 0 Å². The Kier molecular flexibility index (Phi) is 6.20. The first-order chi connectivity index (χ1) is 13.0. The summed E-state index contributed by atoms with van der Waals surface area (Å²) in [6.45, 7) is 0.0454. The normalized spacial score (nSPS) is 10.4. The van der Waals surface area contributed by atoms with Gasteiger partial charge in [-0.1, -0.05) is 18.2 Å². The van der Waals surface area contributed by atoms with E-state index < -0.39 is 5.97 Å². The molecule has 0 atom stereocenters. The molecule has 1 aromatic carbocycles. The largest absolute Gasteiger partial charge is 0.451 e. The number of ether oxygens (including phenoxy) is 1. The summed E-state index contributed by atoms with van der Waals surface area (Å²) >= 11 is 2.93. The van der Waals surface area contributed by atoms with Crippen LogP contribution in [0.3, 0.4) is 0 Å². The number of esters is 1. The Morgan fingerprint density at radius 3 is 2.59 bits per heavy atom. The fraction of sp³-hybridized carbons (Fsp3) is 0.211. The van der Waals surface area contributed by atoms with Gasteiger partial charge in [-0.05, 0) is 29.1 Å². The Hall–Kier alpha value is -2.71. The Labute approximate surface area is 165 Å². The predicted octanol–water partition coefficient (Wildman–Crippen LogP) is 3.41. The molecule has 0 saturated heterocycles. The van der Waals surface area contributed by atoms with Gasteiger partial charge in [-0.3, -0.25) is 4.79 Å². The predicted molar refractivity (Wildman–Crippen MR) is 108 cm³/mol. The number of amides is 1. The molecule has 2 heterocycles. The summed E-state index contributed by atoms with van der Waals surface area (Å²) in [6, 6.07) is 11.7. The second-order valence-corrected chi connectivity index (χ2v) is 7.73. The lowest BCUT2D eigenvalue weighted by molar-refractivity contribution is -0.124. The van der Waals surface area contributed by atoms with Gasteiger partial charge in [-0.2, -0.15) is 0 Å². The molecule has 8 heteroatoms. The lowest BCUT2D eigenvalue weighted by Gasteiger charge is -2.13. The number of hydrogen-bond acceptors (Lipinski definition) is 7. The van der Waals surface area contributed by atoms with Crippen LogP contribution in [0.1, 0.15) is 16.1 Å². The van der Waals surface area contributed by atoms with Gasteiger partial charge in [0.05, 0.1) is 4.88 Å². The van der Waals surface area contributed by atoms with Crippen molar-refractivity contribution in [2.45, 2.75) is 6.54 Å². The van der Waals surface area contributed by atoms with Crippen molar-refractivity contribution >= 4 is 40.2 Å². The molecule has 6 nitrogen and oxygen atoms in total. The van der Waals surface area contributed by atoms with Gasteiger partial charge in [-0.25, -0.2) is 9.78 Å². The van der Waals surface area contributed by atoms with Crippen LogP contribution in [0.25, 0.3) is 9.88 Å². The van der Waals surface area contributed by atoms with Crippen LogP contribution in [-0.2, 0) is 16.1 Å². The van der Waals surface area contributed by atoms with E-state index in [4.69, 9.17) is 4.74 Å². The topological polar surface area (TPSA) is 71.5 Å². The molecule has 3 aromatic rings. The third-order valence-corrected chi connectivity index (χ3v) is 5.60. The maximum Gasteiger partial charge on any atom is 0.358 e. The van der Waals surface area contributed by atoms with Crippen molar-refractivity contribution < 1.29 is 14.3 Å². The van der Waals surface area contributed by atoms with Crippen LogP contribution in [0, 0.1) is 0 Å². The molecule has 0 spiro atoms. The zero-order valence-corrected chi connectivity index (χ0v) is 16.6. The quantitative estimate of drug-likeness (QED) is 0.614. The summed E-state index contributed by atoms with van der Waals surface area (Å²) in [6.07, 6.45) is 0. The molecule has 0 radical (unpaired) electrons. The van der Waals surface area contributed by atoms with Gasteiger partial charge in [0.1, 0.15) is 5.01 Å². The molecule has 1 amide bonds. The number of rotatable bonds is 7. The van der Waals surface area contributed by atoms with Crippen molar-refractivity contribution in [2.24, 2.45) is 0 Å². The molecule has 2 aromatic heterocycles. The Morgan fingerprint density at radius 2 is 1.93 bits per heavy atom. The fourth-order valence-electron chi connectivity index (χ4n) is 2.25. The molecule has 0 aliphatic carbocycles. The number of thiophene rings is 1. The highest BCUT2D eigenvalue weighted by Gasteiger charge is 2.15. The smallest absolute Gasteiger partial charge is 0.358 e. The van der Waals surface area contributed by atoms with Crippen molar-refractivity contribution in [3.8, 4) is 9.88 Å². The molecular formula is C19H19N3O3S2. The molecule has 0 bridgehead atoms. The van der Waals surface area contributed by atoms with Crippen molar-refractivity contribution in [1.82, 2.24) is 10.3 Å². The molecular weight excluding hydrogens is 382 g/mol. The molecule has 3 rings (SSSR count). The summed E-state index contributed by atoms with van der Waals surface area (Å²) in [7, 11) is 3.94. The summed E-state index contributed by atoms with van der Waals surface area (Å²) in [5.41, 5.74) is 2.28. The van der Waals surface area contributed by atoms with Gasteiger partial charge in [0.25, 0.3) is 5.91 Å². The lowest BCUT2D eigenvalue weighted by Crippen LogP contribution is -2.28. The average Bonchev–Trinajstić information content (AvgIpc) is 3.36. The minimum Gasteiger partial charge on any atom is -0.451 e. The minimum atomic E-state index is -0.598. The van der Waals surface area contributed by atoms with E-state index in [9.17, 15) is 9.59 Å². The second-order valence-electron chi connectivity index (χ2n) is 5.93. The number of thiazole rings is 1. The lowest BCUT2D eigenvalue weighted by atomic mass is 10.2. The molecule has 0 aliphatic heterocycles. The van der Waals surface area contributed by atoms with Crippen molar-refractivity contribution in [2.75, 3.05) is 25.6 Å². The van der Waals surface area contributed by atoms with Crippen LogP contribution in [0.5, 0.6) is 0 Å². The first-order valence-corrected chi connectivity index (χ1v) is 9.98. The molecule has 0 unspecified atom stereocenters. The highest BCUT2D eigenvalue weighted by molar-refractivity contribution is 7.20. The van der Waals surface area contributed by atoms with Crippen molar-refractivity contribution in [3.63, 3.8) is 0 Å². The Morgan fingerprint density at radius 1 is 1.15 bits per heavy atom. The first-order valence-electron chi connectivity index (χ1n) is 8.22. The summed E-state index contributed by atoms with van der Waals surface area (Å²) in [5.74, 6) is -0.951. The van der Waals surface area contributed by atoms with Gasteiger partial charge in [0, 0.05) is 31.7 Å². The third-order valence-electron chi connectivity index (χ3n) is 3.72. The van der Waals surface area contributed by atoms with Crippen LogP contribution < -0.4 is 10.2 Å². The van der Waals surface area contributed by atoms with Crippen LogP contribution in [0.15, 0.2) is 47.2 Å². The molecule has 1 N–H and O–H groups in total. The number of nitrogens with one attached hydrogen (secondary N) is 1. The molecule has 0 aliphatic rings. The summed E-state index contributed by atoms with van der Waals surface area (Å²) in [5, 5.41) is 7.09. The van der Waals surface area contributed by atoms with E-state index in [1.807, 2.05) is 60.8 Å². The van der Waals surface area contributed by atoms with Crippen LogP contribution in [0.2, 0.25) is 0 Å². The molecule has 27 heavy (non-hydrogen) atoms. The minimum absolute atomic E-state index is 0.218. The number of carbonyl (C=O) groups is 2. The second kappa shape index (κ2) is 8.79. The zero-order chi connectivity index (χ0) is 19.2. The summed E-state index contributed by atoms with van der Waals surface area (Å²) < 4.78 is 5.05. The van der Waals surface area contributed by atoms with Gasteiger partial charge < -0.3 is 15.0 Å². The average molecular weight is 402 g/mol. The SMILES string of the molecule is CN(C)c1ccc(CNC(=O)COC(=O)c2csc(-c3cccs3)n2)cc1. The third kappa shape index (κ3) is 5.15. The maximum atomic E-state index is 12.0. The number of hydrogen-bond donors (Lipinski definition) is 1. The van der Waals surface area contributed by atoms with E-state index in [-0.39, 0.29) is 18.2 Å². The number of aromatic nitrogens is 1. The van der Waals surface area contributed by atoms with Gasteiger partial charge in [0.15, 0.2) is 12.3 Å². The number of carbonyl (C=O) groups excluding carboxylic acids is 2. The Balaban J connectivity index is 1.45. The number of nitrogens with zero attached hydrogens (tertiary/aromatic N) is 2. The van der Waals surface area contributed by atoms with E-state index in [0.29, 0.717) is 6.54 Å².